The molecule has 0 unspecified atom stereocenters. The summed E-state index contributed by atoms with van der Waals surface area (Å²) in [5.41, 5.74) is 1.77. The molecule has 0 saturated heterocycles. The van der Waals surface area contributed by atoms with Crippen LogP contribution in [0.1, 0.15) is 0 Å². The predicted octanol–water partition coefficient (Wildman–Crippen LogP) is 2.63. The SMILES string of the molecule is N#CC(C#N)=C(C#N)Nc1cccc(-c2cn3cccnc3n2)c1. The molecule has 0 amide bonds. The van der Waals surface area contributed by atoms with Crippen molar-refractivity contribution in [3.05, 3.63) is 60.2 Å². The van der Waals surface area contributed by atoms with E-state index < -0.39 is 0 Å². The van der Waals surface area contributed by atoms with Crippen LogP contribution < -0.4 is 5.32 Å². The molecular weight excluding hydrogens is 302 g/mol. The van der Waals surface area contributed by atoms with Crippen molar-refractivity contribution < 1.29 is 0 Å². The van der Waals surface area contributed by atoms with E-state index in [1.807, 2.05) is 30.6 Å². The summed E-state index contributed by atoms with van der Waals surface area (Å²) in [6, 6.07) is 14.2. The van der Waals surface area contributed by atoms with Gasteiger partial charge in [0.15, 0.2) is 5.57 Å². The van der Waals surface area contributed by atoms with Gasteiger partial charge in [0.1, 0.15) is 23.9 Å². The van der Waals surface area contributed by atoms with Crippen LogP contribution in [-0.4, -0.2) is 14.4 Å². The van der Waals surface area contributed by atoms with E-state index in [-0.39, 0.29) is 11.3 Å². The van der Waals surface area contributed by atoms with Crippen LogP contribution in [0, 0.1) is 34.0 Å². The molecular formula is C17H9N7. The fourth-order valence-corrected chi connectivity index (χ4v) is 2.15. The Kier molecular flexibility index (Phi) is 3.88. The van der Waals surface area contributed by atoms with Gasteiger partial charge in [-0.25, -0.2) is 9.97 Å². The molecule has 7 nitrogen and oxygen atoms in total. The van der Waals surface area contributed by atoms with E-state index in [0.717, 1.165) is 11.3 Å². The Hall–Kier alpha value is -4.15. The zero-order chi connectivity index (χ0) is 16.9. The third-order valence-electron chi connectivity index (χ3n) is 3.25. The third-order valence-corrected chi connectivity index (χ3v) is 3.25. The number of hydrogen-bond acceptors (Lipinski definition) is 6. The minimum atomic E-state index is -0.264. The number of imidazole rings is 1. The van der Waals surface area contributed by atoms with Crippen LogP contribution in [0.4, 0.5) is 5.69 Å². The van der Waals surface area contributed by atoms with Crippen LogP contribution in [0.2, 0.25) is 0 Å². The second-order valence-corrected chi connectivity index (χ2v) is 4.74. The molecule has 0 aliphatic carbocycles. The van der Waals surface area contributed by atoms with Gasteiger partial charge in [-0.3, -0.25) is 4.40 Å². The summed E-state index contributed by atoms with van der Waals surface area (Å²) >= 11 is 0. The van der Waals surface area contributed by atoms with Gasteiger partial charge in [0.05, 0.1) is 5.69 Å². The quantitative estimate of drug-likeness (QED) is 0.744. The molecule has 0 aliphatic rings. The number of nitriles is 3. The molecule has 0 atom stereocenters. The second kappa shape index (κ2) is 6.31. The first kappa shape index (κ1) is 14.8. The van der Waals surface area contributed by atoms with Crippen molar-refractivity contribution in [2.45, 2.75) is 0 Å². The summed E-state index contributed by atoms with van der Waals surface area (Å²) in [4.78, 5) is 8.60. The van der Waals surface area contributed by atoms with E-state index in [1.54, 1.807) is 40.9 Å². The molecule has 1 aromatic carbocycles. The number of rotatable bonds is 3. The van der Waals surface area contributed by atoms with Crippen LogP contribution in [0.15, 0.2) is 60.2 Å². The summed E-state index contributed by atoms with van der Waals surface area (Å²) in [6.45, 7) is 0. The van der Waals surface area contributed by atoms with Gasteiger partial charge in [0.2, 0.25) is 5.78 Å². The van der Waals surface area contributed by atoms with Gasteiger partial charge in [-0.1, -0.05) is 12.1 Å². The highest BCUT2D eigenvalue weighted by molar-refractivity contribution is 5.68. The van der Waals surface area contributed by atoms with Crippen molar-refractivity contribution in [3.63, 3.8) is 0 Å². The van der Waals surface area contributed by atoms with Crippen molar-refractivity contribution in [1.29, 1.82) is 15.8 Å². The lowest BCUT2D eigenvalue weighted by Gasteiger charge is -2.06. The predicted molar refractivity (Wildman–Crippen MR) is 85.9 cm³/mol. The minimum Gasteiger partial charge on any atom is -0.345 e. The van der Waals surface area contributed by atoms with Crippen LogP contribution in [-0.2, 0) is 0 Å². The molecule has 3 rings (SSSR count). The minimum absolute atomic E-state index is 0.0891. The van der Waals surface area contributed by atoms with E-state index in [0.29, 0.717) is 11.5 Å². The van der Waals surface area contributed by atoms with Crippen molar-refractivity contribution in [2.24, 2.45) is 0 Å². The smallest absolute Gasteiger partial charge is 0.234 e. The Morgan fingerprint density at radius 1 is 1.08 bits per heavy atom. The molecule has 0 saturated carbocycles. The first-order valence-electron chi connectivity index (χ1n) is 6.87. The van der Waals surface area contributed by atoms with Crippen LogP contribution >= 0.6 is 0 Å². The normalized spacial score (nSPS) is 9.54. The highest BCUT2D eigenvalue weighted by atomic mass is 15.1. The number of aromatic nitrogens is 3. The largest absolute Gasteiger partial charge is 0.345 e. The molecule has 0 radical (unpaired) electrons. The maximum Gasteiger partial charge on any atom is 0.234 e. The highest BCUT2D eigenvalue weighted by Crippen LogP contribution is 2.23. The molecule has 3 aromatic rings. The Morgan fingerprint density at radius 2 is 1.92 bits per heavy atom. The Balaban J connectivity index is 1.98. The van der Waals surface area contributed by atoms with Gasteiger partial charge in [0, 0.05) is 29.8 Å². The van der Waals surface area contributed by atoms with Gasteiger partial charge in [-0.15, -0.1) is 0 Å². The first-order chi connectivity index (χ1) is 11.7. The Bertz CT molecular complexity index is 1020. The Morgan fingerprint density at radius 3 is 2.62 bits per heavy atom. The molecule has 0 aliphatic heterocycles. The van der Waals surface area contributed by atoms with Gasteiger partial charge >= 0.3 is 0 Å². The number of nitrogens with zero attached hydrogens (tertiary/aromatic N) is 6. The van der Waals surface area contributed by atoms with E-state index in [4.69, 9.17) is 15.8 Å². The van der Waals surface area contributed by atoms with Gasteiger partial charge in [-0.05, 0) is 18.2 Å². The van der Waals surface area contributed by atoms with E-state index >= 15 is 0 Å². The molecule has 24 heavy (non-hydrogen) atoms. The first-order valence-corrected chi connectivity index (χ1v) is 6.87. The van der Waals surface area contributed by atoms with Crippen LogP contribution in [0.5, 0.6) is 0 Å². The lowest BCUT2D eigenvalue weighted by molar-refractivity contribution is 1.11. The van der Waals surface area contributed by atoms with E-state index in [1.165, 1.54) is 0 Å². The van der Waals surface area contributed by atoms with Crippen molar-refractivity contribution in [1.82, 2.24) is 14.4 Å². The van der Waals surface area contributed by atoms with Crippen molar-refractivity contribution >= 4 is 11.5 Å². The number of anilines is 1. The van der Waals surface area contributed by atoms with E-state index in [9.17, 15) is 0 Å². The maximum absolute atomic E-state index is 9.11. The van der Waals surface area contributed by atoms with Crippen LogP contribution in [0.25, 0.3) is 17.0 Å². The van der Waals surface area contributed by atoms with Crippen molar-refractivity contribution in [2.75, 3.05) is 5.32 Å². The monoisotopic (exact) mass is 311 g/mol. The summed E-state index contributed by atoms with van der Waals surface area (Å²) in [5, 5.41) is 29.7. The fourth-order valence-electron chi connectivity index (χ4n) is 2.15. The fraction of sp³-hybridized carbons (Fsp3) is 0. The zero-order valence-electron chi connectivity index (χ0n) is 12.3. The molecule has 0 fully saturated rings. The van der Waals surface area contributed by atoms with Gasteiger partial charge in [-0.2, -0.15) is 15.8 Å². The number of hydrogen-bond donors (Lipinski definition) is 1. The number of allylic oxidation sites excluding steroid dienone is 2. The highest BCUT2D eigenvalue weighted by Gasteiger charge is 2.08. The lowest BCUT2D eigenvalue weighted by Crippen LogP contribution is -2.00. The lowest BCUT2D eigenvalue weighted by atomic mass is 10.1. The Labute approximate surface area is 137 Å². The molecule has 7 heteroatoms. The molecule has 1 N–H and O–H groups in total. The molecule has 2 heterocycles. The summed E-state index contributed by atoms with van der Waals surface area (Å²) in [7, 11) is 0. The summed E-state index contributed by atoms with van der Waals surface area (Å²) < 4.78 is 1.81. The molecule has 2 aromatic heterocycles. The van der Waals surface area contributed by atoms with Crippen molar-refractivity contribution in [3.8, 4) is 29.5 Å². The molecule has 112 valence electrons. The average Bonchev–Trinajstić information content (AvgIpc) is 3.06. The number of fused-ring (bicyclic) bond motifs is 1. The summed E-state index contributed by atoms with van der Waals surface area (Å²) in [5.74, 6) is 0.583. The standard InChI is InChI=1S/C17H9N7/c18-8-13(9-19)15(10-20)22-14-4-1-3-12(7-14)16-11-24-6-2-5-21-17(24)23-16/h1-7,11,22H. The topological polar surface area (TPSA) is 114 Å². The molecule has 0 bridgehead atoms. The van der Waals surface area contributed by atoms with Gasteiger partial charge < -0.3 is 5.32 Å². The van der Waals surface area contributed by atoms with Gasteiger partial charge in [0.25, 0.3) is 0 Å². The number of benzene rings is 1. The number of nitrogens with one attached hydrogen (secondary N) is 1. The maximum atomic E-state index is 9.11. The average molecular weight is 311 g/mol. The second-order valence-electron chi connectivity index (χ2n) is 4.74. The zero-order valence-corrected chi connectivity index (χ0v) is 12.3. The van der Waals surface area contributed by atoms with E-state index in [2.05, 4.69) is 15.3 Å². The molecule has 0 spiro atoms. The van der Waals surface area contributed by atoms with Crippen LogP contribution in [0.3, 0.4) is 0 Å². The summed E-state index contributed by atoms with van der Waals surface area (Å²) in [6.07, 6.45) is 5.36. The third kappa shape index (κ3) is 2.76.